The molecule has 4 nitrogen and oxygen atoms in total. The molecule has 0 aliphatic carbocycles. The monoisotopic (exact) mass is 182 g/mol. The molecular weight excluding hydrogens is 164 g/mol. The number of hydrogen-bond donors (Lipinski definition) is 1. The molecule has 2 N–H and O–H groups in total. The number of rotatable bonds is 5. The van der Waals surface area contributed by atoms with E-state index in [1.165, 1.54) is 0 Å². The van der Waals surface area contributed by atoms with Crippen molar-refractivity contribution in [2.45, 2.75) is 39.2 Å². The third-order valence-corrected chi connectivity index (χ3v) is 2.02. The Bertz CT molecular complexity index is 242. The van der Waals surface area contributed by atoms with Crippen molar-refractivity contribution in [3.63, 3.8) is 0 Å². The van der Waals surface area contributed by atoms with E-state index < -0.39 is 0 Å². The van der Waals surface area contributed by atoms with E-state index in [1.54, 1.807) is 6.33 Å². The van der Waals surface area contributed by atoms with E-state index in [0.717, 1.165) is 31.8 Å². The summed E-state index contributed by atoms with van der Waals surface area (Å²) in [5.74, 6) is 1.51. The molecule has 0 saturated carbocycles. The molecule has 1 aromatic heterocycles. The lowest BCUT2D eigenvalue weighted by Crippen LogP contribution is -2.06. The molecule has 0 unspecified atom stereocenters. The third-order valence-electron chi connectivity index (χ3n) is 2.02. The van der Waals surface area contributed by atoms with Crippen molar-refractivity contribution in [3.05, 3.63) is 12.2 Å². The Kier molecular flexibility index (Phi) is 3.89. The Morgan fingerprint density at radius 2 is 2.23 bits per heavy atom. The quantitative estimate of drug-likeness (QED) is 0.695. The Labute approximate surface area is 79.2 Å². The van der Waals surface area contributed by atoms with Crippen LogP contribution in [0.1, 0.15) is 38.4 Å². The lowest BCUT2D eigenvalue weighted by Gasteiger charge is -2.07. The highest BCUT2D eigenvalue weighted by Crippen LogP contribution is 2.10. The molecule has 0 spiro atoms. The largest absolute Gasteiger partial charge is 0.330 e. The SMILES string of the molecule is CC(C)c1nncn1CCCCN. The maximum absolute atomic E-state index is 5.43. The fourth-order valence-electron chi connectivity index (χ4n) is 1.31. The molecule has 0 amide bonds. The molecule has 1 rings (SSSR count). The van der Waals surface area contributed by atoms with Gasteiger partial charge in [-0.15, -0.1) is 10.2 Å². The Hall–Kier alpha value is -0.900. The highest BCUT2D eigenvalue weighted by Gasteiger charge is 2.07. The minimum atomic E-state index is 0.445. The Morgan fingerprint density at radius 1 is 1.46 bits per heavy atom. The molecule has 13 heavy (non-hydrogen) atoms. The lowest BCUT2D eigenvalue weighted by atomic mass is 10.2. The minimum Gasteiger partial charge on any atom is -0.330 e. The highest BCUT2D eigenvalue weighted by molar-refractivity contribution is 4.91. The van der Waals surface area contributed by atoms with Gasteiger partial charge in [0.15, 0.2) is 0 Å². The summed E-state index contributed by atoms with van der Waals surface area (Å²) in [5, 5.41) is 7.98. The summed E-state index contributed by atoms with van der Waals surface area (Å²) in [7, 11) is 0. The fraction of sp³-hybridized carbons (Fsp3) is 0.778. The zero-order valence-corrected chi connectivity index (χ0v) is 8.40. The van der Waals surface area contributed by atoms with Crippen molar-refractivity contribution in [2.75, 3.05) is 6.54 Å². The number of aryl methyl sites for hydroxylation is 1. The van der Waals surface area contributed by atoms with E-state index in [2.05, 4.69) is 28.6 Å². The first-order valence-electron chi connectivity index (χ1n) is 4.83. The van der Waals surface area contributed by atoms with Crippen LogP contribution in [0.4, 0.5) is 0 Å². The number of hydrogen-bond acceptors (Lipinski definition) is 3. The summed E-state index contributed by atoms with van der Waals surface area (Å²) in [4.78, 5) is 0. The highest BCUT2D eigenvalue weighted by atomic mass is 15.3. The van der Waals surface area contributed by atoms with Gasteiger partial charge in [0, 0.05) is 12.5 Å². The van der Waals surface area contributed by atoms with Crippen molar-refractivity contribution in [3.8, 4) is 0 Å². The van der Waals surface area contributed by atoms with E-state index in [4.69, 9.17) is 5.73 Å². The summed E-state index contributed by atoms with van der Waals surface area (Å²) >= 11 is 0. The summed E-state index contributed by atoms with van der Waals surface area (Å²) in [6.45, 7) is 6.00. The smallest absolute Gasteiger partial charge is 0.135 e. The molecule has 0 fully saturated rings. The van der Waals surface area contributed by atoms with Crippen molar-refractivity contribution in [1.82, 2.24) is 14.8 Å². The average Bonchev–Trinajstić information content (AvgIpc) is 2.53. The molecule has 0 aliphatic rings. The van der Waals surface area contributed by atoms with Crippen LogP contribution in [0, 0.1) is 0 Å². The van der Waals surface area contributed by atoms with Gasteiger partial charge in [-0.2, -0.15) is 0 Å². The van der Waals surface area contributed by atoms with Crippen LogP contribution in [0.25, 0.3) is 0 Å². The van der Waals surface area contributed by atoms with Crippen molar-refractivity contribution in [1.29, 1.82) is 0 Å². The van der Waals surface area contributed by atoms with Gasteiger partial charge in [-0.05, 0) is 19.4 Å². The van der Waals surface area contributed by atoms with Crippen LogP contribution in [0.15, 0.2) is 6.33 Å². The van der Waals surface area contributed by atoms with Crippen molar-refractivity contribution >= 4 is 0 Å². The summed E-state index contributed by atoms with van der Waals surface area (Å²) in [6.07, 6.45) is 3.97. The zero-order valence-electron chi connectivity index (χ0n) is 8.40. The van der Waals surface area contributed by atoms with Crippen LogP contribution in [0.3, 0.4) is 0 Å². The number of nitrogens with zero attached hydrogens (tertiary/aromatic N) is 3. The predicted molar refractivity (Wildman–Crippen MR) is 52.4 cm³/mol. The molecule has 4 heteroatoms. The molecule has 0 saturated heterocycles. The van der Waals surface area contributed by atoms with E-state index in [1.807, 2.05) is 0 Å². The van der Waals surface area contributed by atoms with Crippen LogP contribution in [0.5, 0.6) is 0 Å². The van der Waals surface area contributed by atoms with Gasteiger partial charge in [-0.3, -0.25) is 0 Å². The van der Waals surface area contributed by atoms with Gasteiger partial charge in [-0.25, -0.2) is 0 Å². The van der Waals surface area contributed by atoms with Crippen molar-refractivity contribution in [2.24, 2.45) is 5.73 Å². The van der Waals surface area contributed by atoms with E-state index in [9.17, 15) is 0 Å². The van der Waals surface area contributed by atoms with Crippen LogP contribution in [0.2, 0.25) is 0 Å². The standard InChI is InChI=1S/C9H18N4/c1-8(2)9-12-11-7-13(9)6-4-3-5-10/h7-8H,3-6,10H2,1-2H3. The third kappa shape index (κ3) is 2.81. The molecule has 1 heterocycles. The maximum atomic E-state index is 5.43. The second kappa shape index (κ2) is 4.97. The van der Waals surface area contributed by atoms with Crippen LogP contribution < -0.4 is 5.73 Å². The fourth-order valence-corrected chi connectivity index (χ4v) is 1.31. The van der Waals surface area contributed by atoms with Gasteiger partial charge < -0.3 is 10.3 Å². The molecule has 0 radical (unpaired) electrons. The van der Waals surface area contributed by atoms with Crippen LogP contribution >= 0.6 is 0 Å². The molecule has 1 aromatic rings. The average molecular weight is 182 g/mol. The summed E-state index contributed by atoms with van der Waals surface area (Å²) < 4.78 is 2.11. The first-order valence-corrected chi connectivity index (χ1v) is 4.83. The maximum Gasteiger partial charge on any atom is 0.135 e. The van der Waals surface area contributed by atoms with E-state index in [-0.39, 0.29) is 0 Å². The van der Waals surface area contributed by atoms with E-state index >= 15 is 0 Å². The van der Waals surface area contributed by atoms with Crippen LogP contribution in [-0.4, -0.2) is 21.3 Å². The second-order valence-electron chi connectivity index (χ2n) is 3.53. The molecular formula is C9H18N4. The second-order valence-corrected chi connectivity index (χ2v) is 3.53. The van der Waals surface area contributed by atoms with Gasteiger partial charge in [-0.1, -0.05) is 13.8 Å². The topological polar surface area (TPSA) is 56.7 Å². The first-order chi connectivity index (χ1) is 6.25. The zero-order chi connectivity index (χ0) is 9.68. The number of nitrogens with two attached hydrogens (primary N) is 1. The number of unbranched alkanes of at least 4 members (excludes halogenated alkanes) is 1. The molecule has 0 aromatic carbocycles. The summed E-state index contributed by atoms with van der Waals surface area (Å²) in [6, 6.07) is 0. The Morgan fingerprint density at radius 3 is 2.85 bits per heavy atom. The van der Waals surface area contributed by atoms with E-state index in [0.29, 0.717) is 5.92 Å². The number of aromatic nitrogens is 3. The van der Waals surface area contributed by atoms with Crippen molar-refractivity contribution < 1.29 is 0 Å². The van der Waals surface area contributed by atoms with Crippen LogP contribution in [-0.2, 0) is 6.54 Å². The lowest BCUT2D eigenvalue weighted by molar-refractivity contribution is 0.573. The molecule has 0 aliphatic heterocycles. The van der Waals surface area contributed by atoms with Gasteiger partial charge in [0.1, 0.15) is 12.2 Å². The summed E-state index contributed by atoms with van der Waals surface area (Å²) in [5.41, 5.74) is 5.43. The van der Waals surface area contributed by atoms with Gasteiger partial charge >= 0.3 is 0 Å². The Balaban J connectivity index is 2.50. The molecule has 0 bridgehead atoms. The molecule has 74 valence electrons. The minimum absolute atomic E-state index is 0.445. The molecule has 0 atom stereocenters. The normalized spacial score (nSPS) is 11.1. The van der Waals surface area contributed by atoms with Gasteiger partial charge in [0.25, 0.3) is 0 Å². The first kappa shape index (κ1) is 10.2. The van der Waals surface area contributed by atoms with Gasteiger partial charge in [0.05, 0.1) is 0 Å². The van der Waals surface area contributed by atoms with Gasteiger partial charge in [0.2, 0.25) is 0 Å². The predicted octanol–water partition coefficient (Wildman–Crippen LogP) is 1.14.